The Morgan fingerprint density at radius 1 is 1.22 bits per heavy atom. The zero-order chi connectivity index (χ0) is 16.4. The van der Waals surface area contributed by atoms with Crippen molar-refractivity contribution in [2.24, 2.45) is 0 Å². The number of benzene rings is 2. The fourth-order valence-corrected chi connectivity index (χ4v) is 3.81. The van der Waals surface area contributed by atoms with E-state index in [0.29, 0.717) is 20.6 Å². The molecule has 0 radical (unpaired) electrons. The van der Waals surface area contributed by atoms with E-state index in [1.165, 1.54) is 17.4 Å². The summed E-state index contributed by atoms with van der Waals surface area (Å²) in [6.45, 7) is 4.25. The van der Waals surface area contributed by atoms with Gasteiger partial charge in [-0.3, -0.25) is 10.1 Å². The van der Waals surface area contributed by atoms with E-state index in [-0.39, 0.29) is 17.2 Å². The lowest BCUT2D eigenvalue weighted by Gasteiger charge is -2.06. The molecule has 1 aromatic heterocycles. The summed E-state index contributed by atoms with van der Waals surface area (Å²) in [5, 5.41) is 3.62. The Bertz CT molecular complexity index is 843. The summed E-state index contributed by atoms with van der Waals surface area (Å²) < 4.78 is 14.3. The Balaban J connectivity index is 1.76. The van der Waals surface area contributed by atoms with Crippen molar-refractivity contribution in [2.45, 2.75) is 24.0 Å². The predicted octanol–water partition coefficient (Wildman–Crippen LogP) is 5.19. The molecule has 0 saturated heterocycles. The number of fused-ring (bicyclic) bond motifs is 1. The third kappa shape index (κ3) is 3.71. The third-order valence-corrected chi connectivity index (χ3v) is 5.03. The molecule has 0 fully saturated rings. The van der Waals surface area contributed by atoms with Crippen LogP contribution in [-0.2, 0) is 0 Å². The van der Waals surface area contributed by atoms with E-state index in [0.717, 1.165) is 4.90 Å². The Hall–Kier alpha value is -1.92. The largest absolute Gasteiger partial charge is 0.298 e. The van der Waals surface area contributed by atoms with Crippen LogP contribution in [0.3, 0.4) is 0 Å². The molecule has 3 nitrogen and oxygen atoms in total. The van der Waals surface area contributed by atoms with Crippen molar-refractivity contribution in [3.8, 4) is 0 Å². The summed E-state index contributed by atoms with van der Waals surface area (Å²) >= 11 is 3.00. The molecule has 0 aliphatic rings. The number of hydrogen-bond donors (Lipinski definition) is 1. The van der Waals surface area contributed by atoms with Crippen molar-refractivity contribution in [1.29, 1.82) is 0 Å². The number of carbonyl (C=O) groups excluding carboxylic acids is 1. The van der Waals surface area contributed by atoms with Crippen LogP contribution in [0.5, 0.6) is 0 Å². The molecule has 0 spiro atoms. The number of para-hydroxylation sites is 1. The molecule has 118 valence electrons. The third-order valence-electron chi connectivity index (χ3n) is 3.08. The molecule has 2 aromatic carbocycles. The second kappa shape index (κ2) is 6.68. The molecule has 3 rings (SSSR count). The van der Waals surface area contributed by atoms with Crippen LogP contribution in [0, 0.1) is 5.82 Å². The van der Waals surface area contributed by atoms with Gasteiger partial charge in [0.05, 0.1) is 4.70 Å². The second-order valence-corrected chi connectivity index (χ2v) is 7.93. The minimum Gasteiger partial charge on any atom is -0.298 e. The van der Waals surface area contributed by atoms with Crippen molar-refractivity contribution < 1.29 is 9.18 Å². The van der Waals surface area contributed by atoms with Gasteiger partial charge in [0.15, 0.2) is 5.13 Å². The highest BCUT2D eigenvalue weighted by Crippen LogP contribution is 2.28. The van der Waals surface area contributed by atoms with Crippen molar-refractivity contribution in [3.05, 3.63) is 53.8 Å². The molecule has 0 unspecified atom stereocenters. The van der Waals surface area contributed by atoms with E-state index < -0.39 is 0 Å². The number of halogens is 1. The Morgan fingerprint density at radius 3 is 2.61 bits per heavy atom. The number of anilines is 1. The number of thioether (sulfide) groups is 1. The minimum atomic E-state index is -0.380. The van der Waals surface area contributed by atoms with Gasteiger partial charge < -0.3 is 0 Å². The topological polar surface area (TPSA) is 42.0 Å². The second-order valence-electron chi connectivity index (χ2n) is 5.25. The summed E-state index contributed by atoms with van der Waals surface area (Å²) in [5.41, 5.74) is 0.842. The quantitative estimate of drug-likeness (QED) is 0.661. The first-order valence-corrected chi connectivity index (χ1v) is 8.85. The number of amides is 1. The molecule has 3 aromatic rings. The molecule has 0 aliphatic heterocycles. The SMILES string of the molecule is CC(C)Sc1ccc(C(=O)Nc2nc3c(F)cccc3s2)cc1. The maximum atomic E-state index is 13.6. The van der Waals surface area contributed by atoms with Crippen LogP contribution in [0.2, 0.25) is 0 Å². The summed E-state index contributed by atoms with van der Waals surface area (Å²) in [4.78, 5) is 17.5. The van der Waals surface area contributed by atoms with E-state index in [1.54, 1.807) is 36.0 Å². The number of carbonyl (C=O) groups is 1. The molecule has 23 heavy (non-hydrogen) atoms. The smallest absolute Gasteiger partial charge is 0.257 e. The van der Waals surface area contributed by atoms with Crippen LogP contribution in [0.4, 0.5) is 9.52 Å². The van der Waals surface area contributed by atoms with Gasteiger partial charge in [0.2, 0.25) is 0 Å². The first-order valence-electron chi connectivity index (χ1n) is 7.16. The van der Waals surface area contributed by atoms with Crippen molar-refractivity contribution >= 4 is 44.4 Å². The van der Waals surface area contributed by atoms with Crippen LogP contribution in [0.1, 0.15) is 24.2 Å². The standard InChI is InChI=1S/C17H15FN2OS2/c1-10(2)22-12-8-6-11(7-9-12)16(21)20-17-19-15-13(18)4-3-5-14(15)23-17/h3-10H,1-2H3,(H,19,20,21). The van der Waals surface area contributed by atoms with Crippen LogP contribution in [-0.4, -0.2) is 16.1 Å². The summed E-state index contributed by atoms with van der Waals surface area (Å²) in [5.74, 6) is -0.625. The van der Waals surface area contributed by atoms with Gasteiger partial charge in [0, 0.05) is 15.7 Å². The average Bonchev–Trinajstić information content (AvgIpc) is 2.91. The highest BCUT2D eigenvalue weighted by atomic mass is 32.2. The van der Waals surface area contributed by atoms with Gasteiger partial charge in [0.1, 0.15) is 11.3 Å². The number of hydrogen-bond acceptors (Lipinski definition) is 4. The average molecular weight is 346 g/mol. The van der Waals surface area contributed by atoms with Crippen LogP contribution < -0.4 is 5.32 Å². The number of nitrogens with zero attached hydrogens (tertiary/aromatic N) is 1. The summed E-state index contributed by atoms with van der Waals surface area (Å²) in [7, 11) is 0. The van der Waals surface area contributed by atoms with Crippen LogP contribution in [0.25, 0.3) is 10.2 Å². The Kier molecular flexibility index (Phi) is 4.63. The van der Waals surface area contributed by atoms with Gasteiger partial charge in [-0.25, -0.2) is 9.37 Å². The van der Waals surface area contributed by atoms with E-state index in [2.05, 4.69) is 24.1 Å². The number of nitrogens with one attached hydrogen (secondary N) is 1. The lowest BCUT2D eigenvalue weighted by molar-refractivity contribution is 0.102. The maximum Gasteiger partial charge on any atom is 0.257 e. The van der Waals surface area contributed by atoms with E-state index in [4.69, 9.17) is 0 Å². The normalized spacial score (nSPS) is 11.1. The highest BCUT2D eigenvalue weighted by molar-refractivity contribution is 7.99. The first kappa shape index (κ1) is 16.0. The van der Waals surface area contributed by atoms with Gasteiger partial charge in [-0.2, -0.15) is 0 Å². The number of aromatic nitrogens is 1. The van der Waals surface area contributed by atoms with Crippen molar-refractivity contribution in [3.63, 3.8) is 0 Å². The van der Waals surface area contributed by atoms with Crippen LogP contribution >= 0.6 is 23.1 Å². The minimum absolute atomic E-state index is 0.245. The van der Waals surface area contributed by atoms with E-state index in [9.17, 15) is 9.18 Å². The van der Waals surface area contributed by atoms with Gasteiger partial charge >= 0.3 is 0 Å². The summed E-state index contributed by atoms with van der Waals surface area (Å²) in [6, 6.07) is 12.2. The molecule has 0 bridgehead atoms. The van der Waals surface area contributed by atoms with Crippen LogP contribution in [0.15, 0.2) is 47.4 Å². The fraction of sp³-hybridized carbons (Fsp3) is 0.176. The fourth-order valence-electron chi connectivity index (χ4n) is 2.09. The van der Waals surface area contributed by atoms with Gasteiger partial charge in [-0.05, 0) is 36.4 Å². The van der Waals surface area contributed by atoms with Crippen molar-refractivity contribution in [1.82, 2.24) is 4.98 Å². The maximum absolute atomic E-state index is 13.6. The van der Waals surface area contributed by atoms with Gasteiger partial charge in [-0.1, -0.05) is 31.3 Å². The van der Waals surface area contributed by atoms with Crippen molar-refractivity contribution in [2.75, 3.05) is 5.32 Å². The molecule has 0 aliphatic carbocycles. The van der Waals surface area contributed by atoms with E-state index >= 15 is 0 Å². The first-order chi connectivity index (χ1) is 11.0. The molecule has 1 amide bonds. The van der Waals surface area contributed by atoms with Gasteiger partial charge in [0.25, 0.3) is 5.91 Å². The molecule has 1 heterocycles. The molecular formula is C17H15FN2OS2. The molecule has 0 atom stereocenters. The lowest BCUT2D eigenvalue weighted by atomic mass is 10.2. The van der Waals surface area contributed by atoms with E-state index in [1.807, 2.05) is 12.1 Å². The molecule has 1 N–H and O–H groups in total. The summed E-state index contributed by atoms with van der Waals surface area (Å²) in [6.07, 6.45) is 0. The predicted molar refractivity (Wildman–Crippen MR) is 95.0 cm³/mol. The molecule has 0 saturated carbocycles. The monoisotopic (exact) mass is 346 g/mol. The molecule has 6 heteroatoms. The van der Waals surface area contributed by atoms with Gasteiger partial charge in [-0.15, -0.1) is 11.8 Å². The number of thiazole rings is 1. The highest BCUT2D eigenvalue weighted by Gasteiger charge is 2.12. The zero-order valence-electron chi connectivity index (χ0n) is 12.7. The Morgan fingerprint density at radius 2 is 1.96 bits per heavy atom. The Labute approximate surface area is 141 Å². The zero-order valence-corrected chi connectivity index (χ0v) is 14.3. The lowest BCUT2D eigenvalue weighted by Crippen LogP contribution is -2.11. The molecular weight excluding hydrogens is 331 g/mol. The number of rotatable bonds is 4.